The molecular formula is C17H17Cl2NO4S2. The monoisotopic (exact) mass is 433 g/mol. The molecule has 1 aromatic heterocycles. The van der Waals surface area contributed by atoms with Crippen molar-refractivity contribution in [2.45, 2.75) is 19.0 Å². The quantitative estimate of drug-likeness (QED) is 0.697. The maximum Gasteiger partial charge on any atom is 0.261 e. The zero-order valence-electron chi connectivity index (χ0n) is 13.7. The zero-order chi connectivity index (χ0) is 18.7. The highest BCUT2D eigenvalue weighted by Gasteiger charge is 2.35. The average molecular weight is 434 g/mol. The van der Waals surface area contributed by atoms with Gasteiger partial charge in [0.05, 0.1) is 28.1 Å². The average Bonchev–Trinajstić information content (AvgIpc) is 3.22. The molecule has 1 saturated heterocycles. The van der Waals surface area contributed by atoms with E-state index >= 15 is 0 Å². The van der Waals surface area contributed by atoms with Gasteiger partial charge in [-0.2, -0.15) is 0 Å². The molecule has 1 amide bonds. The highest BCUT2D eigenvalue weighted by Crippen LogP contribution is 2.27. The van der Waals surface area contributed by atoms with Gasteiger partial charge in [0, 0.05) is 17.0 Å². The molecule has 5 nitrogen and oxygen atoms in total. The van der Waals surface area contributed by atoms with Crippen LogP contribution in [-0.2, 0) is 21.2 Å². The van der Waals surface area contributed by atoms with Crippen LogP contribution < -0.4 is 4.74 Å². The Kier molecular flexibility index (Phi) is 6.12. The lowest BCUT2D eigenvalue weighted by Gasteiger charge is -2.28. The first-order valence-corrected chi connectivity index (χ1v) is 11.4. The second kappa shape index (κ2) is 8.17. The second-order valence-corrected chi connectivity index (χ2v) is 10.1. The molecule has 0 spiro atoms. The van der Waals surface area contributed by atoms with Crippen LogP contribution in [-0.4, -0.2) is 43.4 Å². The van der Waals surface area contributed by atoms with Crippen molar-refractivity contribution < 1.29 is 17.9 Å². The molecule has 0 N–H and O–H groups in total. The van der Waals surface area contributed by atoms with Crippen molar-refractivity contribution in [3.8, 4) is 5.75 Å². The Morgan fingerprint density at radius 1 is 1.27 bits per heavy atom. The summed E-state index contributed by atoms with van der Waals surface area (Å²) in [6.07, 6.45) is 0.451. The van der Waals surface area contributed by atoms with Crippen LogP contribution in [0.4, 0.5) is 0 Å². The summed E-state index contributed by atoms with van der Waals surface area (Å²) in [6.45, 7) is 0.182. The minimum absolute atomic E-state index is 0.00309. The zero-order valence-corrected chi connectivity index (χ0v) is 16.9. The van der Waals surface area contributed by atoms with Crippen molar-refractivity contribution in [2.24, 2.45) is 0 Å². The predicted molar refractivity (Wildman–Crippen MR) is 104 cm³/mol. The van der Waals surface area contributed by atoms with Crippen LogP contribution in [0.25, 0.3) is 0 Å². The van der Waals surface area contributed by atoms with Gasteiger partial charge in [-0.3, -0.25) is 4.79 Å². The van der Waals surface area contributed by atoms with E-state index in [-0.39, 0.29) is 30.1 Å². The van der Waals surface area contributed by atoms with Crippen LogP contribution >= 0.6 is 34.5 Å². The van der Waals surface area contributed by atoms with Gasteiger partial charge in [0.15, 0.2) is 16.4 Å². The van der Waals surface area contributed by atoms with E-state index in [2.05, 4.69) is 0 Å². The summed E-state index contributed by atoms with van der Waals surface area (Å²) in [5.74, 6) is 0.283. The standard InChI is InChI=1S/C17H17Cl2NO4S2/c18-15-4-3-13(8-16(15)19)24-10-17(21)20(9-14-2-1-6-25-14)12-5-7-26(22,23)11-12/h1-4,6,8,12H,5,7,9-11H2. The number of sulfone groups is 1. The van der Waals surface area contributed by atoms with E-state index < -0.39 is 9.84 Å². The molecule has 3 rings (SSSR count). The van der Waals surface area contributed by atoms with Gasteiger partial charge in [-0.05, 0) is 30.0 Å². The lowest BCUT2D eigenvalue weighted by atomic mass is 10.2. The first-order chi connectivity index (χ1) is 12.3. The number of carbonyl (C=O) groups excluding carboxylic acids is 1. The number of hydrogen-bond donors (Lipinski definition) is 0. The third-order valence-electron chi connectivity index (χ3n) is 4.13. The Labute approximate surface area is 166 Å². The molecule has 140 valence electrons. The van der Waals surface area contributed by atoms with Crippen LogP contribution in [0.5, 0.6) is 5.75 Å². The predicted octanol–water partition coefficient (Wildman–Crippen LogP) is 3.65. The minimum atomic E-state index is -3.09. The highest BCUT2D eigenvalue weighted by atomic mass is 35.5. The fourth-order valence-electron chi connectivity index (χ4n) is 2.81. The number of ether oxygens (including phenoxy) is 1. The Morgan fingerprint density at radius 2 is 2.08 bits per heavy atom. The summed E-state index contributed by atoms with van der Waals surface area (Å²) in [7, 11) is -3.09. The smallest absolute Gasteiger partial charge is 0.261 e. The van der Waals surface area contributed by atoms with Gasteiger partial charge in [-0.25, -0.2) is 8.42 Å². The van der Waals surface area contributed by atoms with E-state index in [1.54, 1.807) is 23.1 Å². The molecule has 1 atom stereocenters. The topological polar surface area (TPSA) is 63.7 Å². The van der Waals surface area contributed by atoms with Crippen LogP contribution in [0, 0.1) is 0 Å². The van der Waals surface area contributed by atoms with Crippen molar-refractivity contribution in [2.75, 3.05) is 18.1 Å². The van der Waals surface area contributed by atoms with E-state index in [0.29, 0.717) is 28.8 Å². The third kappa shape index (κ3) is 4.91. The third-order valence-corrected chi connectivity index (χ3v) is 7.48. The number of hydrogen-bond acceptors (Lipinski definition) is 5. The molecule has 1 aliphatic rings. The largest absolute Gasteiger partial charge is 0.484 e. The molecule has 0 saturated carbocycles. The Bertz CT molecular complexity index is 884. The van der Waals surface area contributed by atoms with E-state index in [9.17, 15) is 13.2 Å². The van der Waals surface area contributed by atoms with Crippen molar-refractivity contribution in [1.82, 2.24) is 4.90 Å². The molecule has 1 aromatic carbocycles. The lowest BCUT2D eigenvalue weighted by Crippen LogP contribution is -2.42. The number of benzene rings is 1. The minimum Gasteiger partial charge on any atom is -0.484 e. The van der Waals surface area contributed by atoms with Crippen LogP contribution in [0.2, 0.25) is 10.0 Å². The van der Waals surface area contributed by atoms with E-state index in [1.165, 1.54) is 11.3 Å². The summed E-state index contributed by atoms with van der Waals surface area (Å²) in [5.41, 5.74) is 0. The molecule has 2 heterocycles. The molecule has 1 fully saturated rings. The van der Waals surface area contributed by atoms with Gasteiger partial charge in [0.25, 0.3) is 5.91 Å². The van der Waals surface area contributed by atoms with Crippen molar-refractivity contribution in [3.63, 3.8) is 0 Å². The Morgan fingerprint density at radius 3 is 2.69 bits per heavy atom. The van der Waals surface area contributed by atoms with Gasteiger partial charge in [-0.15, -0.1) is 11.3 Å². The molecule has 0 aliphatic carbocycles. The summed E-state index contributed by atoms with van der Waals surface area (Å²) >= 11 is 13.3. The van der Waals surface area contributed by atoms with E-state index in [0.717, 1.165) is 4.88 Å². The van der Waals surface area contributed by atoms with Gasteiger partial charge < -0.3 is 9.64 Å². The number of amides is 1. The molecular weight excluding hydrogens is 417 g/mol. The second-order valence-electron chi connectivity index (χ2n) is 6.02. The molecule has 2 aromatic rings. The lowest BCUT2D eigenvalue weighted by molar-refractivity contribution is -0.135. The van der Waals surface area contributed by atoms with E-state index in [4.69, 9.17) is 27.9 Å². The molecule has 1 aliphatic heterocycles. The van der Waals surface area contributed by atoms with Crippen molar-refractivity contribution >= 4 is 50.3 Å². The number of thiophene rings is 1. The maximum absolute atomic E-state index is 12.7. The van der Waals surface area contributed by atoms with Crippen molar-refractivity contribution in [3.05, 3.63) is 50.6 Å². The molecule has 9 heteroatoms. The first-order valence-electron chi connectivity index (χ1n) is 7.94. The van der Waals surface area contributed by atoms with Gasteiger partial charge in [0.2, 0.25) is 0 Å². The summed E-state index contributed by atoms with van der Waals surface area (Å²) in [4.78, 5) is 15.3. The molecule has 0 radical (unpaired) electrons. The van der Waals surface area contributed by atoms with Crippen LogP contribution in [0.3, 0.4) is 0 Å². The van der Waals surface area contributed by atoms with Crippen molar-refractivity contribution in [1.29, 1.82) is 0 Å². The van der Waals surface area contributed by atoms with Crippen LogP contribution in [0.1, 0.15) is 11.3 Å². The van der Waals surface area contributed by atoms with Gasteiger partial charge >= 0.3 is 0 Å². The SMILES string of the molecule is O=C(COc1ccc(Cl)c(Cl)c1)N(Cc1cccs1)C1CCS(=O)(=O)C1. The Balaban J connectivity index is 1.70. The number of halogens is 2. The molecule has 26 heavy (non-hydrogen) atoms. The summed E-state index contributed by atoms with van der Waals surface area (Å²) < 4.78 is 29.2. The molecule has 1 unspecified atom stereocenters. The van der Waals surface area contributed by atoms with Crippen LogP contribution in [0.15, 0.2) is 35.7 Å². The number of nitrogens with zero attached hydrogens (tertiary/aromatic N) is 1. The summed E-state index contributed by atoms with van der Waals surface area (Å²) in [6, 6.07) is 8.27. The van der Waals surface area contributed by atoms with E-state index in [1.807, 2.05) is 17.5 Å². The normalized spacial score (nSPS) is 18.6. The molecule has 0 bridgehead atoms. The summed E-state index contributed by atoms with van der Waals surface area (Å²) in [5, 5.41) is 2.67. The maximum atomic E-state index is 12.7. The highest BCUT2D eigenvalue weighted by molar-refractivity contribution is 7.91. The van der Waals surface area contributed by atoms with Gasteiger partial charge in [-0.1, -0.05) is 29.3 Å². The fraction of sp³-hybridized carbons (Fsp3) is 0.353. The number of rotatable bonds is 6. The first kappa shape index (κ1) is 19.5. The number of carbonyl (C=O) groups is 1. The fourth-order valence-corrected chi connectivity index (χ4v) is 5.53. The Hall–Kier alpha value is -1.28. The van der Waals surface area contributed by atoms with Gasteiger partial charge in [0.1, 0.15) is 5.75 Å².